The summed E-state index contributed by atoms with van der Waals surface area (Å²) >= 11 is 0. The van der Waals surface area contributed by atoms with Gasteiger partial charge in [0.15, 0.2) is 5.71 Å². The summed E-state index contributed by atoms with van der Waals surface area (Å²) in [5.74, 6) is 0. The van der Waals surface area contributed by atoms with Gasteiger partial charge in [-0.2, -0.15) is 5.10 Å². The minimum Gasteiger partial charge on any atom is -0.278 e. The Labute approximate surface area is 376 Å². The van der Waals surface area contributed by atoms with Crippen LogP contribution in [-0.2, 0) is 0 Å². The molecule has 65 heavy (non-hydrogen) atoms. The lowest BCUT2D eigenvalue weighted by atomic mass is 9.84. The number of nitrogens with one attached hydrogen (secondary N) is 1. The van der Waals surface area contributed by atoms with Gasteiger partial charge in [0.2, 0.25) is 5.71 Å². The number of allylic oxidation sites excluding steroid dienone is 4. The zero-order valence-electron chi connectivity index (χ0n) is 35.4. The van der Waals surface area contributed by atoms with E-state index in [2.05, 4.69) is 212 Å². The fourth-order valence-electron chi connectivity index (χ4n) is 9.82. The Balaban J connectivity index is 0.863. The van der Waals surface area contributed by atoms with Gasteiger partial charge in [-0.15, -0.1) is 0 Å². The lowest BCUT2D eigenvalue weighted by Gasteiger charge is -2.19. The van der Waals surface area contributed by atoms with Crippen molar-refractivity contribution in [3.8, 4) is 44.5 Å². The quantitative estimate of drug-likeness (QED) is 0.0955. The predicted molar refractivity (Wildman–Crippen MR) is 275 cm³/mol. The molecule has 0 aliphatic heterocycles. The predicted octanol–water partition coefficient (Wildman–Crippen LogP) is 14.1. The van der Waals surface area contributed by atoms with Crippen molar-refractivity contribution in [3.05, 3.63) is 236 Å². The van der Waals surface area contributed by atoms with Crippen molar-refractivity contribution in [2.75, 3.05) is 5.43 Å². The molecule has 1 aliphatic rings. The van der Waals surface area contributed by atoms with E-state index < -0.39 is 0 Å². The fraction of sp³-hybridized carbons (Fsp3) is 0. The van der Waals surface area contributed by atoms with Crippen LogP contribution in [0.4, 0.5) is 5.69 Å². The van der Waals surface area contributed by atoms with E-state index >= 15 is 0 Å². The number of rotatable bonds is 7. The molecule has 0 amide bonds. The maximum atomic E-state index is 6.78. The molecule has 0 bridgehead atoms. The molecule has 4 nitrogen and oxygen atoms in total. The summed E-state index contributed by atoms with van der Waals surface area (Å²) < 4.78 is 0. The van der Waals surface area contributed by atoms with Crippen LogP contribution < -0.4 is 10.8 Å². The van der Waals surface area contributed by atoms with Crippen LogP contribution in [0.15, 0.2) is 236 Å². The molecule has 0 radical (unpaired) electrons. The van der Waals surface area contributed by atoms with Gasteiger partial charge in [-0.1, -0.05) is 182 Å². The standard InChI is InChI=1S/C61H40N4/c62-55-37-43(42-29-33-53-54(36-42)60(40-17-5-2-6-18-40)50-23-11-8-20-47(50)58(53)39-15-3-1-4-16-39)30-34-57(55)65-64-46-31-27-41(28-32-46)59-48-21-9-12-24-51(48)61(52-25-13-10-22-49(52)59)45-35-44-19-7-14-26-56(44)63-38-45/h1-38,62,64H/p+1/b62-55?,65-57-. The van der Waals surface area contributed by atoms with Gasteiger partial charge in [-0.25, -0.2) is 0 Å². The number of hydrazone groups is 1. The van der Waals surface area contributed by atoms with Crippen molar-refractivity contribution in [2.24, 2.45) is 5.10 Å². The Kier molecular flexibility index (Phi) is 9.28. The van der Waals surface area contributed by atoms with Gasteiger partial charge in [0.1, 0.15) is 0 Å². The van der Waals surface area contributed by atoms with Gasteiger partial charge < -0.3 is 0 Å². The van der Waals surface area contributed by atoms with Gasteiger partial charge in [0.05, 0.1) is 11.2 Å². The summed E-state index contributed by atoms with van der Waals surface area (Å²) in [6, 6.07) is 73.5. The molecule has 1 aliphatic carbocycles. The number of anilines is 1. The van der Waals surface area contributed by atoms with Gasteiger partial charge in [0.25, 0.3) is 0 Å². The average molecular weight is 830 g/mol. The lowest BCUT2D eigenvalue weighted by Crippen LogP contribution is -2.44. The first-order valence-electron chi connectivity index (χ1n) is 22.0. The van der Waals surface area contributed by atoms with E-state index in [-0.39, 0.29) is 0 Å². The first-order chi connectivity index (χ1) is 32.2. The van der Waals surface area contributed by atoms with Gasteiger partial charge in [-0.05, 0) is 130 Å². The molecule has 12 rings (SSSR count). The summed E-state index contributed by atoms with van der Waals surface area (Å²) in [6.07, 6.45) is 8.14. The van der Waals surface area contributed by atoms with E-state index in [1.54, 1.807) is 0 Å². The SMILES string of the molecule is [NH2+]=C1C=C(c2ccc3c(-c4ccccc4)c4ccccc4c(-c4ccccc4)c3c2)C=C/C1=N/Nc1ccc(-c2c3ccccc3c(-c3cnc4ccccc4c3)c3ccccc23)cc1. The van der Waals surface area contributed by atoms with E-state index in [4.69, 9.17) is 15.5 Å². The van der Waals surface area contributed by atoms with Crippen molar-refractivity contribution in [2.45, 2.75) is 0 Å². The molecular formula is C61H41N4+. The molecule has 304 valence electrons. The number of fused-ring (bicyclic) bond motifs is 5. The highest BCUT2D eigenvalue weighted by molar-refractivity contribution is 6.50. The molecule has 4 heteroatoms. The van der Waals surface area contributed by atoms with E-state index in [0.717, 1.165) is 38.9 Å². The highest BCUT2D eigenvalue weighted by Crippen LogP contribution is 2.46. The first-order valence-corrected chi connectivity index (χ1v) is 22.0. The molecule has 11 aromatic rings. The minimum atomic E-state index is 0.595. The number of nitrogens with zero attached hydrogens (tertiary/aromatic N) is 2. The largest absolute Gasteiger partial charge is 0.278 e. The van der Waals surface area contributed by atoms with Crippen molar-refractivity contribution in [1.29, 1.82) is 0 Å². The second-order valence-corrected chi connectivity index (χ2v) is 16.6. The first kappa shape index (κ1) is 38.0. The molecule has 1 heterocycles. The maximum absolute atomic E-state index is 6.78. The molecule has 1 aromatic heterocycles. The van der Waals surface area contributed by atoms with Crippen LogP contribution >= 0.6 is 0 Å². The highest BCUT2D eigenvalue weighted by atomic mass is 15.3. The molecule has 0 saturated heterocycles. The molecule has 0 atom stereocenters. The molecule has 0 saturated carbocycles. The third kappa shape index (κ3) is 6.68. The average Bonchev–Trinajstić information content (AvgIpc) is 3.37. The summed E-state index contributed by atoms with van der Waals surface area (Å²) in [5, 5.41) is 22.3. The van der Waals surface area contributed by atoms with E-state index in [1.165, 1.54) is 76.5 Å². The van der Waals surface area contributed by atoms with Gasteiger partial charge >= 0.3 is 0 Å². The van der Waals surface area contributed by atoms with Crippen LogP contribution in [0.5, 0.6) is 0 Å². The van der Waals surface area contributed by atoms with Crippen LogP contribution in [-0.4, -0.2) is 16.4 Å². The van der Waals surface area contributed by atoms with E-state index in [1.807, 2.05) is 24.4 Å². The van der Waals surface area contributed by atoms with Crippen molar-refractivity contribution in [1.82, 2.24) is 4.98 Å². The smallest absolute Gasteiger partial charge is 0.225 e. The van der Waals surface area contributed by atoms with Crippen LogP contribution in [0, 0.1) is 0 Å². The Hall–Kier alpha value is -8.73. The summed E-state index contributed by atoms with van der Waals surface area (Å²) in [4.78, 5) is 4.84. The topological polar surface area (TPSA) is 62.9 Å². The maximum Gasteiger partial charge on any atom is 0.225 e. The molecule has 0 unspecified atom stereocenters. The zero-order chi connectivity index (χ0) is 43.3. The lowest BCUT2D eigenvalue weighted by molar-refractivity contribution is -0.108. The zero-order valence-corrected chi connectivity index (χ0v) is 35.4. The van der Waals surface area contributed by atoms with Gasteiger partial charge in [0, 0.05) is 23.2 Å². The number of pyridine rings is 1. The van der Waals surface area contributed by atoms with E-state index in [9.17, 15) is 0 Å². The number of aromatic nitrogens is 1. The second-order valence-electron chi connectivity index (χ2n) is 16.6. The molecule has 0 fully saturated rings. The van der Waals surface area contributed by atoms with Crippen LogP contribution in [0.1, 0.15) is 5.56 Å². The number of hydrogen-bond donors (Lipinski definition) is 2. The molecule has 3 N–H and O–H groups in total. The molecule has 0 spiro atoms. The van der Waals surface area contributed by atoms with Crippen LogP contribution in [0.2, 0.25) is 0 Å². The number of nitrogens with two attached hydrogens (primary N) is 1. The summed E-state index contributed by atoms with van der Waals surface area (Å²) in [5.41, 5.74) is 18.0. The third-order valence-corrected chi connectivity index (χ3v) is 12.8. The third-order valence-electron chi connectivity index (χ3n) is 12.8. The fourth-order valence-corrected chi connectivity index (χ4v) is 9.82. The highest BCUT2D eigenvalue weighted by Gasteiger charge is 2.21. The van der Waals surface area contributed by atoms with Crippen LogP contribution in [0.25, 0.3) is 104 Å². The molecule has 10 aromatic carbocycles. The summed E-state index contributed by atoms with van der Waals surface area (Å²) in [6.45, 7) is 0. The van der Waals surface area contributed by atoms with Crippen LogP contribution in [0.3, 0.4) is 0 Å². The number of para-hydroxylation sites is 1. The minimum absolute atomic E-state index is 0.595. The van der Waals surface area contributed by atoms with Crippen molar-refractivity contribution < 1.29 is 5.41 Å². The van der Waals surface area contributed by atoms with E-state index in [0.29, 0.717) is 11.4 Å². The normalized spacial score (nSPS) is 13.3. The molecular weight excluding hydrogens is 789 g/mol. The monoisotopic (exact) mass is 829 g/mol. The van der Waals surface area contributed by atoms with Crippen molar-refractivity contribution in [3.63, 3.8) is 0 Å². The Morgan fingerprint density at radius 3 is 1.42 bits per heavy atom. The Morgan fingerprint density at radius 2 is 0.846 bits per heavy atom. The Morgan fingerprint density at radius 1 is 0.385 bits per heavy atom. The van der Waals surface area contributed by atoms with Crippen molar-refractivity contribution >= 4 is 76.7 Å². The Bertz CT molecular complexity index is 3730. The second kappa shape index (κ2) is 15.9. The summed E-state index contributed by atoms with van der Waals surface area (Å²) in [7, 11) is 0. The van der Waals surface area contributed by atoms with Gasteiger partial charge in [-0.3, -0.25) is 15.8 Å². The number of hydrogen-bond acceptors (Lipinski definition) is 3. The number of benzene rings is 10.